The average Bonchev–Trinajstić information content (AvgIpc) is 2.01. The topological polar surface area (TPSA) is 29.5 Å². The number of nitrogens with zero attached hydrogens (tertiary/aromatic N) is 1. The Morgan fingerprint density at radius 1 is 1.55 bits per heavy atom. The summed E-state index contributed by atoms with van der Waals surface area (Å²) in [4.78, 5) is 12.6. The molecule has 0 aliphatic carbocycles. The number of carbonyl (C=O) groups excluding carboxylic acids is 1. The van der Waals surface area contributed by atoms with Crippen LogP contribution in [0.1, 0.15) is 27.2 Å². The predicted octanol–water partition coefficient (Wildman–Crippen LogP) is 1.87. The summed E-state index contributed by atoms with van der Waals surface area (Å²) >= 11 is 0. The fourth-order valence-corrected chi connectivity index (χ4v) is 0.621. The van der Waals surface area contributed by atoms with Gasteiger partial charge < -0.3 is 9.64 Å². The van der Waals surface area contributed by atoms with Gasteiger partial charge in [0.15, 0.2) is 0 Å². The molecule has 0 unspecified atom stereocenters. The van der Waals surface area contributed by atoms with E-state index in [1.807, 2.05) is 20.8 Å². The maximum atomic E-state index is 11.0. The molecule has 0 saturated carbocycles. The highest BCUT2D eigenvalue weighted by molar-refractivity contribution is 5.67. The molecular formula is C8H17NO2. The molecule has 0 fully saturated rings. The van der Waals surface area contributed by atoms with Crippen LogP contribution in [0.5, 0.6) is 0 Å². The molecule has 0 bridgehead atoms. The number of ether oxygens (including phenoxy) is 1. The fraction of sp³-hybridized carbons (Fsp3) is 0.875. The van der Waals surface area contributed by atoms with Gasteiger partial charge in [0.05, 0.1) is 7.11 Å². The normalized spacial score (nSPS) is 11.0. The van der Waals surface area contributed by atoms with Crippen molar-refractivity contribution in [3.05, 3.63) is 0 Å². The summed E-state index contributed by atoms with van der Waals surface area (Å²) in [5.41, 5.74) is -0.118. The molecule has 0 spiro atoms. The average molecular weight is 159 g/mol. The van der Waals surface area contributed by atoms with E-state index in [1.54, 1.807) is 11.9 Å². The van der Waals surface area contributed by atoms with Gasteiger partial charge in [0.1, 0.15) is 0 Å². The number of amides is 1. The van der Waals surface area contributed by atoms with Gasteiger partial charge in [-0.15, -0.1) is 0 Å². The van der Waals surface area contributed by atoms with Crippen molar-refractivity contribution in [1.82, 2.24) is 4.90 Å². The molecule has 3 nitrogen and oxygen atoms in total. The summed E-state index contributed by atoms with van der Waals surface area (Å²) < 4.78 is 4.59. The molecule has 11 heavy (non-hydrogen) atoms. The second-order valence-corrected chi connectivity index (χ2v) is 3.20. The van der Waals surface area contributed by atoms with Gasteiger partial charge in [0, 0.05) is 12.6 Å². The van der Waals surface area contributed by atoms with Crippen LogP contribution in [0.4, 0.5) is 4.79 Å². The summed E-state index contributed by atoms with van der Waals surface area (Å²) in [6.07, 6.45) is 0.635. The van der Waals surface area contributed by atoms with Gasteiger partial charge in [-0.05, 0) is 20.3 Å². The minimum absolute atomic E-state index is 0.118. The SMILES string of the molecule is CCC(C)(C)N(C)C(=O)OC. The predicted molar refractivity (Wildman–Crippen MR) is 44.5 cm³/mol. The van der Waals surface area contributed by atoms with Crippen molar-refractivity contribution in [3.63, 3.8) is 0 Å². The van der Waals surface area contributed by atoms with Gasteiger partial charge >= 0.3 is 6.09 Å². The van der Waals surface area contributed by atoms with Crippen molar-refractivity contribution in [2.45, 2.75) is 32.7 Å². The number of hydrogen-bond acceptors (Lipinski definition) is 2. The number of carbonyl (C=O) groups is 1. The summed E-state index contributed by atoms with van der Waals surface area (Å²) in [7, 11) is 3.14. The van der Waals surface area contributed by atoms with Crippen molar-refractivity contribution >= 4 is 6.09 Å². The Kier molecular flexibility index (Phi) is 3.36. The highest BCUT2D eigenvalue weighted by atomic mass is 16.5. The first-order chi connectivity index (χ1) is 4.95. The Labute approximate surface area is 68.3 Å². The van der Waals surface area contributed by atoms with Crippen LogP contribution in [-0.4, -0.2) is 30.7 Å². The Hall–Kier alpha value is -0.730. The van der Waals surface area contributed by atoms with Gasteiger partial charge in [-0.25, -0.2) is 4.79 Å². The smallest absolute Gasteiger partial charge is 0.409 e. The fourth-order valence-electron chi connectivity index (χ4n) is 0.621. The standard InChI is InChI=1S/C8H17NO2/c1-6-8(2,3)9(4)7(10)11-5/h6H2,1-5H3. The maximum absolute atomic E-state index is 11.0. The first-order valence-electron chi connectivity index (χ1n) is 3.77. The molecule has 0 atom stereocenters. The van der Waals surface area contributed by atoms with E-state index in [1.165, 1.54) is 7.11 Å². The molecule has 0 aromatic rings. The molecule has 0 aromatic heterocycles. The third-order valence-electron chi connectivity index (χ3n) is 2.22. The summed E-state index contributed by atoms with van der Waals surface area (Å²) in [5.74, 6) is 0. The first kappa shape index (κ1) is 10.3. The molecule has 0 rings (SSSR count). The third-order valence-corrected chi connectivity index (χ3v) is 2.22. The van der Waals surface area contributed by atoms with Crippen molar-refractivity contribution in [3.8, 4) is 0 Å². The number of rotatable bonds is 2. The Bertz CT molecular complexity index is 143. The zero-order valence-corrected chi connectivity index (χ0v) is 7.97. The van der Waals surface area contributed by atoms with Gasteiger partial charge in [0.25, 0.3) is 0 Å². The van der Waals surface area contributed by atoms with Crippen molar-refractivity contribution in [2.75, 3.05) is 14.2 Å². The van der Waals surface area contributed by atoms with Gasteiger partial charge in [-0.2, -0.15) is 0 Å². The highest BCUT2D eigenvalue weighted by Crippen LogP contribution is 2.16. The Morgan fingerprint density at radius 2 is 2.00 bits per heavy atom. The van der Waals surface area contributed by atoms with Gasteiger partial charge in [-0.1, -0.05) is 6.92 Å². The van der Waals surface area contributed by atoms with Crippen LogP contribution in [0.15, 0.2) is 0 Å². The van der Waals surface area contributed by atoms with Crippen LogP contribution in [0.2, 0.25) is 0 Å². The summed E-state index contributed by atoms with van der Waals surface area (Å²) in [6.45, 7) is 6.05. The molecule has 66 valence electrons. The van der Waals surface area contributed by atoms with E-state index in [-0.39, 0.29) is 11.6 Å². The van der Waals surface area contributed by atoms with Crippen molar-refractivity contribution in [2.24, 2.45) is 0 Å². The molecule has 0 aliphatic heterocycles. The Balaban J connectivity index is 4.22. The minimum atomic E-state index is -0.281. The molecular weight excluding hydrogens is 142 g/mol. The zero-order valence-electron chi connectivity index (χ0n) is 7.97. The van der Waals surface area contributed by atoms with Crippen LogP contribution in [0, 0.1) is 0 Å². The quantitative estimate of drug-likeness (QED) is 0.615. The Morgan fingerprint density at radius 3 is 2.27 bits per heavy atom. The molecule has 0 saturated heterocycles. The first-order valence-corrected chi connectivity index (χ1v) is 3.77. The van der Waals surface area contributed by atoms with Crippen LogP contribution >= 0.6 is 0 Å². The van der Waals surface area contributed by atoms with Crippen LogP contribution in [0.25, 0.3) is 0 Å². The number of hydrogen-bond donors (Lipinski definition) is 0. The maximum Gasteiger partial charge on any atom is 0.409 e. The molecule has 0 radical (unpaired) electrons. The monoisotopic (exact) mass is 159 g/mol. The second kappa shape index (κ2) is 3.60. The van der Waals surface area contributed by atoms with E-state index in [9.17, 15) is 4.79 Å². The van der Waals surface area contributed by atoms with Crippen LogP contribution in [0.3, 0.4) is 0 Å². The molecule has 0 aromatic carbocycles. The molecule has 1 amide bonds. The lowest BCUT2D eigenvalue weighted by atomic mass is 10.0. The van der Waals surface area contributed by atoms with Crippen LogP contribution in [-0.2, 0) is 4.74 Å². The van der Waals surface area contributed by atoms with E-state index in [0.29, 0.717) is 0 Å². The summed E-state index contributed by atoms with van der Waals surface area (Å²) in [5, 5.41) is 0. The van der Waals surface area contributed by atoms with E-state index in [2.05, 4.69) is 4.74 Å². The van der Waals surface area contributed by atoms with Gasteiger partial charge in [-0.3, -0.25) is 0 Å². The lowest BCUT2D eigenvalue weighted by Gasteiger charge is -2.33. The number of methoxy groups -OCH3 is 1. The van der Waals surface area contributed by atoms with E-state index in [4.69, 9.17) is 0 Å². The highest BCUT2D eigenvalue weighted by Gasteiger charge is 2.25. The third kappa shape index (κ3) is 2.41. The van der Waals surface area contributed by atoms with Crippen LogP contribution < -0.4 is 0 Å². The molecule has 0 N–H and O–H groups in total. The summed E-state index contributed by atoms with van der Waals surface area (Å²) in [6, 6.07) is 0. The largest absolute Gasteiger partial charge is 0.453 e. The van der Waals surface area contributed by atoms with E-state index < -0.39 is 0 Å². The zero-order chi connectivity index (χ0) is 9.07. The van der Waals surface area contributed by atoms with Crippen molar-refractivity contribution < 1.29 is 9.53 Å². The second-order valence-electron chi connectivity index (χ2n) is 3.20. The van der Waals surface area contributed by atoms with Gasteiger partial charge in [0.2, 0.25) is 0 Å². The van der Waals surface area contributed by atoms with Crippen molar-refractivity contribution in [1.29, 1.82) is 0 Å². The minimum Gasteiger partial charge on any atom is -0.453 e. The molecule has 0 aliphatic rings. The van der Waals surface area contributed by atoms with E-state index in [0.717, 1.165) is 6.42 Å². The molecule has 3 heteroatoms. The molecule has 0 heterocycles. The lowest BCUT2D eigenvalue weighted by molar-refractivity contribution is 0.0910. The van der Waals surface area contributed by atoms with E-state index >= 15 is 0 Å². The lowest BCUT2D eigenvalue weighted by Crippen LogP contribution is -2.44.